The lowest BCUT2D eigenvalue weighted by molar-refractivity contribution is 0.587. The zero-order chi connectivity index (χ0) is 12.9. The molecule has 0 radical (unpaired) electrons. The van der Waals surface area contributed by atoms with Crippen molar-refractivity contribution in [3.8, 4) is 0 Å². The quantitative estimate of drug-likeness (QED) is 0.800. The van der Waals surface area contributed by atoms with E-state index < -0.39 is 21.5 Å². The van der Waals surface area contributed by atoms with Crippen LogP contribution < -0.4 is 5.32 Å². The average molecular weight is 263 g/mol. The molecule has 0 atom stereocenters. The standard InChI is InChI=1S/C11H15F2NO2S/c1-2-17(15,16)8-4-7-14-11-9(12)5-3-6-10(11)13/h3,5-6,14H,2,4,7-8H2,1H3. The van der Waals surface area contributed by atoms with Gasteiger partial charge < -0.3 is 5.32 Å². The van der Waals surface area contributed by atoms with Gasteiger partial charge in [0, 0.05) is 12.3 Å². The van der Waals surface area contributed by atoms with Gasteiger partial charge in [-0.25, -0.2) is 17.2 Å². The molecule has 0 bridgehead atoms. The monoisotopic (exact) mass is 263 g/mol. The highest BCUT2D eigenvalue weighted by Crippen LogP contribution is 2.17. The Morgan fingerprint density at radius 3 is 2.35 bits per heavy atom. The van der Waals surface area contributed by atoms with Crippen molar-refractivity contribution in [1.29, 1.82) is 0 Å². The van der Waals surface area contributed by atoms with Gasteiger partial charge in [-0.05, 0) is 18.6 Å². The molecule has 1 aromatic carbocycles. The number of nitrogens with one attached hydrogen (secondary N) is 1. The fourth-order valence-electron chi connectivity index (χ4n) is 1.32. The minimum absolute atomic E-state index is 0.0204. The predicted octanol–water partition coefficient (Wildman–Crippen LogP) is 2.20. The smallest absolute Gasteiger partial charge is 0.150 e. The summed E-state index contributed by atoms with van der Waals surface area (Å²) in [5.41, 5.74) is -0.207. The fraction of sp³-hybridized carbons (Fsp3) is 0.455. The summed E-state index contributed by atoms with van der Waals surface area (Å²) in [4.78, 5) is 0. The van der Waals surface area contributed by atoms with Gasteiger partial charge in [0.15, 0.2) is 0 Å². The number of para-hydroxylation sites is 1. The lowest BCUT2D eigenvalue weighted by Crippen LogP contribution is -2.13. The molecular formula is C11H15F2NO2S. The van der Waals surface area contributed by atoms with E-state index in [0.717, 1.165) is 12.1 Å². The van der Waals surface area contributed by atoms with Crippen LogP contribution >= 0.6 is 0 Å². The topological polar surface area (TPSA) is 46.2 Å². The van der Waals surface area contributed by atoms with Crippen LogP contribution in [0, 0.1) is 11.6 Å². The first-order valence-corrected chi connectivity index (χ1v) is 7.16. The third-order valence-electron chi connectivity index (χ3n) is 2.34. The van der Waals surface area contributed by atoms with Crippen LogP contribution in [0.25, 0.3) is 0 Å². The maximum Gasteiger partial charge on any atom is 0.150 e. The Hall–Kier alpha value is -1.17. The lowest BCUT2D eigenvalue weighted by atomic mass is 10.3. The van der Waals surface area contributed by atoms with Crippen molar-refractivity contribution in [2.45, 2.75) is 13.3 Å². The Morgan fingerprint density at radius 1 is 1.24 bits per heavy atom. The van der Waals surface area contributed by atoms with Crippen molar-refractivity contribution in [3.05, 3.63) is 29.8 Å². The fourth-order valence-corrected chi connectivity index (χ4v) is 2.19. The van der Waals surface area contributed by atoms with E-state index in [-0.39, 0.29) is 23.7 Å². The van der Waals surface area contributed by atoms with Gasteiger partial charge in [-0.15, -0.1) is 0 Å². The number of hydrogen-bond donors (Lipinski definition) is 1. The average Bonchev–Trinajstić information content (AvgIpc) is 2.27. The minimum atomic E-state index is -3.02. The number of hydrogen-bond acceptors (Lipinski definition) is 3. The van der Waals surface area contributed by atoms with Crippen LogP contribution in [0.1, 0.15) is 13.3 Å². The van der Waals surface area contributed by atoms with E-state index >= 15 is 0 Å². The second kappa shape index (κ2) is 5.95. The van der Waals surface area contributed by atoms with Gasteiger partial charge >= 0.3 is 0 Å². The van der Waals surface area contributed by atoms with E-state index in [9.17, 15) is 17.2 Å². The van der Waals surface area contributed by atoms with Crippen LogP contribution in [-0.2, 0) is 9.84 Å². The summed E-state index contributed by atoms with van der Waals surface area (Å²) in [5, 5.41) is 2.56. The highest BCUT2D eigenvalue weighted by atomic mass is 32.2. The van der Waals surface area contributed by atoms with Gasteiger partial charge in [-0.2, -0.15) is 0 Å². The van der Waals surface area contributed by atoms with Gasteiger partial charge in [-0.1, -0.05) is 13.0 Å². The van der Waals surface area contributed by atoms with Gasteiger partial charge in [0.2, 0.25) is 0 Å². The first-order valence-electron chi connectivity index (χ1n) is 5.34. The van der Waals surface area contributed by atoms with Crippen LogP contribution in [-0.4, -0.2) is 26.5 Å². The van der Waals surface area contributed by atoms with Gasteiger partial charge in [0.1, 0.15) is 27.2 Å². The molecule has 0 heterocycles. The minimum Gasteiger partial charge on any atom is -0.380 e. The third kappa shape index (κ3) is 4.30. The van der Waals surface area contributed by atoms with Gasteiger partial charge in [0.05, 0.1) is 5.75 Å². The molecule has 0 unspecified atom stereocenters. The predicted molar refractivity (Wildman–Crippen MR) is 63.8 cm³/mol. The van der Waals surface area contributed by atoms with Crippen molar-refractivity contribution < 1.29 is 17.2 Å². The second-order valence-corrected chi connectivity index (χ2v) is 6.09. The molecule has 0 fully saturated rings. The number of halogens is 2. The van der Waals surface area contributed by atoms with E-state index in [1.54, 1.807) is 6.92 Å². The number of rotatable bonds is 6. The molecule has 3 nitrogen and oxygen atoms in total. The van der Waals surface area contributed by atoms with Crippen molar-refractivity contribution in [2.75, 3.05) is 23.4 Å². The summed E-state index contributed by atoms with van der Waals surface area (Å²) in [6.07, 6.45) is 0.323. The highest BCUT2D eigenvalue weighted by Gasteiger charge is 2.09. The summed E-state index contributed by atoms with van der Waals surface area (Å²) in [5.74, 6) is -1.25. The molecule has 17 heavy (non-hydrogen) atoms. The maximum absolute atomic E-state index is 13.2. The molecule has 1 N–H and O–H groups in total. The van der Waals surface area contributed by atoms with Crippen molar-refractivity contribution in [3.63, 3.8) is 0 Å². The molecule has 96 valence electrons. The molecule has 0 aliphatic rings. The lowest BCUT2D eigenvalue weighted by Gasteiger charge is -2.08. The summed E-state index contributed by atoms with van der Waals surface area (Å²) in [7, 11) is -3.02. The van der Waals surface area contributed by atoms with E-state index in [1.165, 1.54) is 6.07 Å². The molecule has 6 heteroatoms. The Bertz CT molecular complexity index is 454. The van der Waals surface area contributed by atoms with Crippen LogP contribution in [0.2, 0.25) is 0 Å². The Kier molecular flexibility index (Phi) is 4.86. The zero-order valence-corrected chi connectivity index (χ0v) is 10.4. The SMILES string of the molecule is CCS(=O)(=O)CCCNc1c(F)cccc1F. The second-order valence-electron chi connectivity index (χ2n) is 3.61. The number of anilines is 1. The Morgan fingerprint density at radius 2 is 1.82 bits per heavy atom. The van der Waals surface area contributed by atoms with Crippen LogP contribution in [0.15, 0.2) is 18.2 Å². The molecule has 0 saturated heterocycles. The molecule has 1 aromatic rings. The van der Waals surface area contributed by atoms with Crippen LogP contribution in [0.4, 0.5) is 14.5 Å². The number of benzene rings is 1. The maximum atomic E-state index is 13.2. The van der Waals surface area contributed by atoms with Crippen LogP contribution in [0.3, 0.4) is 0 Å². The summed E-state index contributed by atoms with van der Waals surface area (Å²) in [6, 6.07) is 3.57. The largest absolute Gasteiger partial charge is 0.380 e. The first-order chi connectivity index (χ1) is 7.96. The van der Waals surface area contributed by atoms with E-state index in [0.29, 0.717) is 6.42 Å². The molecular weight excluding hydrogens is 248 g/mol. The molecule has 1 rings (SSSR count). The highest BCUT2D eigenvalue weighted by molar-refractivity contribution is 7.91. The molecule has 0 aliphatic carbocycles. The van der Waals surface area contributed by atoms with E-state index in [2.05, 4.69) is 5.32 Å². The third-order valence-corrected chi connectivity index (χ3v) is 4.13. The van der Waals surface area contributed by atoms with E-state index in [1.807, 2.05) is 0 Å². The molecule has 0 saturated carbocycles. The van der Waals surface area contributed by atoms with Gasteiger partial charge in [0.25, 0.3) is 0 Å². The molecule has 0 amide bonds. The molecule has 0 spiro atoms. The summed E-state index contributed by atoms with van der Waals surface area (Å²) in [6.45, 7) is 1.79. The molecule has 0 aliphatic heterocycles. The van der Waals surface area contributed by atoms with Gasteiger partial charge in [-0.3, -0.25) is 0 Å². The van der Waals surface area contributed by atoms with E-state index in [4.69, 9.17) is 0 Å². The summed E-state index contributed by atoms with van der Waals surface area (Å²) < 4.78 is 48.7. The van der Waals surface area contributed by atoms with Crippen molar-refractivity contribution >= 4 is 15.5 Å². The Balaban J connectivity index is 2.47. The normalized spacial score (nSPS) is 11.5. The summed E-state index contributed by atoms with van der Waals surface area (Å²) >= 11 is 0. The van der Waals surface area contributed by atoms with Crippen LogP contribution in [0.5, 0.6) is 0 Å². The van der Waals surface area contributed by atoms with Crippen molar-refractivity contribution in [1.82, 2.24) is 0 Å². The zero-order valence-electron chi connectivity index (χ0n) is 9.54. The number of sulfone groups is 1. The molecule has 0 aromatic heterocycles. The Labute approximate surface area is 99.8 Å². The first kappa shape index (κ1) is 13.9. The van der Waals surface area contributed by atoms with Crippen molar-refractivity contribution in [2.24, 2.45) is 0 Å².